The molecule has 2 aliphatic heterocycles. The van der Waals surface area contributed by atoms with Gasteiger partial charge >= 0.3 is 6.03 Å². The zero-order chi connectivity index (χ0) is 25.6. The summed E-state index contributed by atoms with van der Waals surface area (Å²) in [5.74, 6) is 7.24. The van der Waals surface area contributed by atoms with E-state index in [0.29, 0.717) is 24.5 Å². The fourth-order valence-corrected chi connectivity index (χ4v) is 5.52. The number of para-hydroxylation sites is 2. The highest BCUT2D eigenvalue weighted by Gasteiger charge is 2.49. The Bertz CT molecular complexity index is 1270. The number of aliphatic hydroxyl groups excluding tert-OH is 1. The van der Waals surface area contributed by atoms with Crippen LogP contribution in [0.5, 0.6) is 5.75 Å². The molecule has 3 aromatic rings. The lowest BCUT2D eigenvalue weighted by atomic mass is 9.74. The van der Waals surface area contributed by atoms with E-state index in [9.17, 15) is 9.90 Å². The second-order valence-electron chi connectivity index (χ2n) is 9.60. The fourth-order valence-electron chi connectivity index (χ4n) is 5.52. The number of nitrogens with zero attached hydrogens (tertiary/aromatic N) is 2. The van der Waals surface area contributed by atoms with Gasteiger partial charge < -0.3 is 20.1 Å². The topological polar surface area (TPSA) is 65.0 Å². The summed E-state index contributed by atoms with van der Waals surface area (Å²) in [6.45, 7) is 2.35. The van der Waals surface area contributed by atoms with Crippen LogP contribution in [0.4, 0.5) is 10.5 Å². The smallest absolute Gasteiger partial charge is 0.322 e. The first-order chi connectivity index (χ1) is 18.2. The van der Waals surface area contributed by atoms with Crippen LogP contribution in [0.15, 0.2) is 78.9 Å². The normalized spacial score (nSPS) is 21.4. The number of carbonyl (C=O) groups is 1. The van der Waals surface area contributed by atoms with Crippen molar-refractivity contribution >= 4 is 11.7 Å². The minimum Gasteiger partial charge on any atom is -0.495 e. The maximum absolute atomic E-state index is 13.3. The van der Waals surface area contributed by atoms with E-state index in [1.165, 1.54) is 5.56 Å². The molecule has 2 amide bonds. The minimum absolute atomic E-state index is 0.0588. The second kappa shape index (κ2) is 11.5. The molecule has 3 atom stereocenters. The number of hydrogen-bond acceptors (Lipinski definition) is 4. The van der Waals surface area contributed by atoms with E-state index >= 15 is 0 Å². The summed E-state index contributed by atoms with van der Waals surface area (Å²) in [4.78, 5) is 17.6. The van der Waals surface area contributed by atoms with Crippen LogP contribution < -0.4 is 10.1 Å². The van der Waals surface area contributed by atoms with Crippen molar-refractivity contribution in [2.24, 2.45) is 0 Å². The fraction of sp³-hybridized carbons (Fsp3) is 0.323. The molecule has 0 spiro atoms. The first kappa shape index (κ1) is 24.9. The summed E-state index contributed by atoms with van der Waals surface area (Å²) >= 11 is 0. The van der Waals surface area contributed by atoms with Crippen LogP contribution in [0.25, 0.3) is 0 Å². The molecule has 2 N–H and O–H groups in total. The molecule has 37 heavy (non-hydrogen) atoms. The molecule has 6 nitrogen and oxygen atoms in total. The molecule has 2 aliphatic rings. The molecular formula is C31H33N3O3. The van der Waals surface area contributed by atoms with Crippen molar-refractivity contribution in [3.8, 4) is 17.6 Å². The van der Waals surface area contributed by atoms with Gasteiger partial charge in [0.05, 0.1) is 19.4 Å². The monoisotopic (exact) mass is 495 g/mol. The Morgan fingerprint density at radius 3 is 2.35 bits per heavy atom. The van der Waals surface area contributed by atoms with E-state index < -0.39 is 0 Å². The zero-order valence-electron chi connectivity index (χ0n) is 21.1. The van der Waals surface area contributed by atoms with Crippen molar-refractivity contribution in [3.05, 3.63) is 95.6 Å². The molecule has 2 heterocycles. The number of carbonyl (C=O) groups excluding carboxylic acids is 1. The SMILES string of the molecule is COc1ccccc1NC(=O)N1CCCCN2[C@H](CO)[C@H](c3ccc(C#Cc4ccccc4)cc3)[C@H]2C1. The number of ether oxygens (including phenoxy) is 1. The highest BCUT2D eigenvalue weighted by atomic mass is 16.5. The Labute approximate surface area is 218 Å². The van der Waals surface area contributed by atoms with Gasteiger partial charge in [-0.05, 0) is 61.3 Å². The van der Waals surface area contributed by atoms with E-state index in [-0.39, 0.29) is 30.6 Å². The molecule has 3 aromatic carbocycles. The maximum Gasteiger partial charge on any atom is 0.322 e. The Morgan fingerprint density at radius 1 is 0.946 bits per heavy atom. The summed E-state index contributed by atoms with van der Waals surface area (Å²) in [5, 5.41) is 13.3. The molecular weight excluding hydrogens is 462 g/mol. The number of rotatable bonds is 4. The van der Waals surface area contributed by atoms with Gasteiger partial charge in [-0.1, -0.05) is 54.3 Å². The van der Waals surface area contributed by atoms with Crippen molar-refractivity contribution in [1.82, 2.24) is 9.80 Å². The van der Waals surface area contributed by atoms with Gasteiger partial charge in [0.15, 0.2) is 0 Å². The van der Waals surface area contributed by atoms with E-state index in [1.54, 1.807) is 7.11 Å². The lowest BCUT2D eigenvalue weighted by Gasteiger charge is -2.57. The standard InChI is InChI=1S/C31H33N3O3/c1-37-29-12-6-5-11-26(29)32-31(36)33-19-7-8-20-34-27(21-33)30(28(34)22-35)25-17-15-24(16-18-25)14-13-23-9-3-2-4-10-23/h2-6,9-12,15-18,27-28,30,35H,7-8,19-22H2,1H3,(H,32,36)/t27-,28-,30-/m1/s1. The lowest BCUT2D eigenvalue weighted by molar-refractivity contribution is -0.0585. The molecule has 0 unspecified atom stereocenters. The van der Waals surface area contributed by atoms with Crippen LogP contribution in [0.2, 0.25) is 0 Å². The molecule has 0 bridgehead atoms. The molecule has 0 radical (unpaired) electrons. The van der Waals surface area contributed by atoms with Crippen LogP contribution in [0.1, 0.15) is 35.4 Å². The Hall–Kier alpha value is -3.79. The van der Waals surface area contributed by atoms with Crippen molar-refractivity contribution in [3.63, 3.8) is 0 Å². The van der Waals surface area contributed by atoms with Gasteiger partial charge in [-0.15, -0.1) is 0 Å². The van der Waals surface area contributed by atoms with Gasteiger partial charge in [-0.25, -0.2) is 4.79 Å². The van der Waals surface area contributed by atoms with Gasteiger partial charge in [0.1, 0.15) is 5.75 Å². The molecule has 0 saturated carbocycles. The third-order valence-corrected chi connectivity index (χ3v) is 7.43. The summed E-state index contributed by atoms with van der Waals surface area (Å²) in [5.41, 5.74) is 3.79. The number of nitrogens with one attached hydrogen (secondary N) is 1. The van der Waals surface area contributed by atoms with E-state index in [1.807, 2.05) is 59.5 Å². The predicted molar refractivity (Wildman–Crippen MR) is 146 cm³/mol. The van der Waals surface area contributed by atoms with Gasteiger partial charge in [-0.2, -0.15) is 0 Å². The van der Waals surface area contributed by atoms with E-state index in [0.717, 1.165) is 30.5 Å². The van der Waals surface area contributed by atoms with Crippen molar-refractivity contribution in [2.75, 3.05) is 38.7 Å². The van der Waals surface area contributed by atoms with Crippen LogP contribution in [0, 0.1) is 11.8 Å². The third kappa shape index (κ3) is 5.48. The number of hydrogen-bond donors (Lipinski definition) is 2. The number of amides is 2. The summed E-state index contributed by atoms with van der Waals surface area (Å²) in [6, 6.07) is 25.9. The lowest BCUT2D eigenvalue weighted by Crippen LogP contribution is -2.68. The first-order valence-electron chi connectivity index (χ1n) is 12.9. The molecule has 5 rings (SSSR count). The van der Waals surface area contributed by atoms with Gasteiger partial charge in [-0.3, -0.25) is 4.90 Å². The number of aliphatic hydroxyl groups is 1. The van der Waals surface area contributed by atoms with Gasteiger partial charge in [0, 0.05) is 42.2 Å². The van der Waals surface area contributed by atoms with E-state index in [4.69, 9.17) is 4.74 Å². The quantitative estimate of drug-likeness (QED) is 0.521. The Morgan fingerprint density at radius 2 is 1.62 bits per heavy atom. The summed E-state index contributed by atoms with van der Waals surface area (Å²) in [6.07, 6.45) is 1.92. The molecule has 0 aliphatic carbocycles. The molecule has 0 aromatic heterocycles. The largest absolute Gasteiger partial charge is 0.495 e. The first-order valence-corrected chi connectivity index (χ1v) is 12.9. The van der Waals surface area contributed by atoms with Crippen LogP contribution in [0.3, 0.4) is 0 Å². The number of fused-ring (bicyclic) bond motifs is 1. The molecule has 190 valence electrons. The maximum atomic E-state index is 13.3. The van der Waals surface area contributed by atoms with Crippen molar-refractivity contribution in [1.29, 1.82) is 0 Å². The Balaban J connectivity index is 1.32. The minimum atomic E-state index is -0.121. The number of urea groups is 1. The van der Waals surface area contributed by atoms with Crippen LogP contribution in [-0.2, 0) is 0 Å². The summed E-state index contributed by atoms with van der Waals surface area (Å²) < 4.78 is 5.40. The van der Waals surface area contributed by atoms with Crippen LogP contribution in [-0.4, -0.2) is 66.4 Å². The van der Waals surface area contributed by atoms with Crippen LogP contribution >= 0.6 is 0 Å². The second-order valence-corrected chi connectivity index (χ2v) is 9.60. The predicted octanol–water partition coefficient (Wildman–Crippen LogP) is 4.55. The van der Waals surface area contributed by atoms with Gasteiger partial charge in [0.25, 0.3) is 0 Å². The number of anilines is 1. The van der Waals surface area contributed by atoms with Gasteiger partial charge in [0.2, 0.25) is 0 Å². The van der Waals surface area contributed by atoms with Crippen molar-refractivity contribution < 1.29 is 14.6 Å². The molecule has 2 fully saturated rings. The average molecular weight is 496 g/mol. The molecule has 2 saturated heterocycles. The average Bonchev–Trinajstić information content (AvgIpc) is 2.92. The van der Waals surface area contributed by atoms with Crippen molar-refractivity contribution in [2.45, 2.75) is 30.8 Å². The number of benzene rings is 3. The summed E-state index contributed by atoms with van der Waals surface area (Å²) in [7, 11) is 1.60. The third-order valence-electron chi connectivity index (χ3n) is 7.43. The molecule has 6 heteroatoms. The Kier molecular flexibility index (Phi) is 7.74. The highest BCUT2D eigenvalue weighted by molar-refractivity contribution is 5.91. The zero-order valence-corrected chi connectivity index (χ0v) is 21.1. The highest BCUT2D eigenvalue weighted by Crippen LogP contribution is 2.42. The number of methoxy groups -OCH3 is 1. The van der Waals surface area contributed by atoms with E-state index in [2.05, 4.69) is 46.3 Å².